The van der Waals surface area contributed by atoms with E-state index in [1.54, 1.807) is 18.3 Å². The number of aromatic nitrogens is 2. The van der Waals surface area contributed by atoms with E-state index in [0.717, 1.165) is 31.8 Å². The third kappa shape index (κ3) is 6.61. The molecule has 4 rings (SSSR count). The van der Waals surface area contributed by atoms with Crippen molar-refractivity contribution in [2.75, 3.05) is 26.2 Å². The number of hydrogen-bond donors (Lipinski definition) is 0. The molecule has 3 heterocycles. The number of hydrogen-bond acceptors (Lipinski definition) is 4. The van der Waals surface area contributed by atoms with Gasteiger partial charge in [-0.05, 0) is 43.5 Å². The van der Waals surface area contributed by atoms with Gasteiger partial charge in [0.25, 0.3) is 0 Å². The molecule has 8 heteroatoms. The number of carbonyl (C=O) groups is 2. The van der Waals surface area contributed by atoms with Gasteiger partial charge in [-0.15, -0.1) is 0 Å². The lowest BCUT2D eigenvalue weighted by Gasteiger charge is -2.39. The summed E-state index contributed by atoms with van der Waals surface area (Å²) >= 11 is 0. The molecule has 2 saturated heterocycles. The number of nitrogens with zero attached hydrogens (tertiary/aromatic N) is 4. The summed E-state index contributed by atoms with van der Waals surface area (Å²) in [6.45, 7) is 7.47. The smallest absolute Gasteiger partial charge is 0.224 e. The third-order valence-corrected chi connectivity index (χ3v) is 7.09. The second kappa shape index (κ2) is 11.7. The second-order valence-electron chi connectivity index (χ2n) is 10.0. The number of halogens is 1. The standard InChI is InChI=1S/C27H37FN4O3/c1-20(2)27-29-12-17-31(27)16-11-25(33)32-15-10-24(35-23-8-6-22(28)7-9-23)21(19-32)18-26(34)30-13-4-3-5-14-30/h6-9,12,17,20-21,24H,3-5,10-11,13-16,18-19H2,1-2H3/t21-,24-/m0/s1. The van der Waals surface area contributed by atoms with E-state index in [-0.39, 0.29) is 29.7 Å². The molecule has 0 aliphatic carbocycles. The Hall–Kier alpha value is -2.90. The first-order valence-corrected chi connectivity index (χ1v) is 12.9. The minimum absolute atomic E-state index is 0.0871. The van der Waals surface area contributed by atoms with Crippen molar-refractivity contribution in [3.63, 3.8) is 0 Å². The van der Waals surface area contributed by atoms with Crippen LogP contribution >= 0.6 is 0 Å². The molecule has 1 aromatic heterocycles. The van der Waals surface area contributed by atoms with Gasteiger partial charge >= 0.3 is 0 Å². The third-order valence-electron chi connectivity index (χ3n) is 7.09. The average molecular weight is 485 g/mol. The molecule has 2 aromatic rings. The highest BCUT2D eigenvalue weighted by molar-refractivity contribution is 5.78. The van der Waals surface area contributed by atoms with E-state index >= 15 is 0 Å². The van der Waals surface area contributed by atoms with Crippen molar-refractivity contribution in [1.82, 2.24) is 19.4 Å². The van der Waals surface area contributed by atoms with Gasteiger partial charge in [-0.1, -0.05) is 13.8 Å². The predicted octanol–water partition coefficient (Wildman–Crippen LogP) is 4.23. The van der Waals surface area contributed by atoms with E-state index in [1.165, 1.54) is 18.6 Å². The van der Waals surface area contributed by atoms with Crippen molar-refractivity contribution in [3.05, 3.63) is 48.3 Å². The van der Waals surface area contributed by atoms with Crippen LogP contribution in [0.3, 0.4) is 0 Å². The molecule has 190 valence electrons. The maximum absolute atomic E-state index is 13.3. The molecular weight excluding hydrogens is 447 g/mol. The Morgan fingerprint density at radius 1 is 1.06 bits per heavy atom. The molecule has 1 aromatic carbocycles. The summed E-state index contributed by atoms with van der Waals surface area (Å²) in [4.78, 5) is 34.4. The molecule has 2 aliphatic heterocycles. The molecule has 7 nitrogen and oxygen atoms in total. The molecule has 0 N–H and O–H groups in total. The topological polar surface area (TPSA) is 67.7 Å². The number of amides is 2. The lowest BCUT2D eigenvalue weighted by Crippen LogP contribution is -2.50. The highest BCUT2D eigenvalue weighted by Crippen LogP contribution is 2.28. The Morgan fingerprint density at radius 3 is 2.51 bits per heavy atom. The molecule has 2 atom stereocenters. The molecule has 0 radical (unpaired) electrons. The van der Waals surface area contributed by atoms with Crippen molar-refractivity contribution in [1.29, 1.82) is 0 Å². The molecule has 2 amide bonds. The number of rotatable bonds is 8. The van der Waals surface area contributed by atoms with Gasteiger partial charge in [0.05, 0.1) is 0 Å². The first-order valence-electron chi connectivity index (χ1n) is 12.9. The second-order valence-corrected chi connectivity index (χ2v) is 10.0. The Morgan fingerprint density at radius 2 is 1.80 bits per heavy atom. The van der Waals surface area contributed by atoms with Crippen molar-refractivity contribution in [2.45, 2.75) is 70.9 Å². The van der Waals surface area contributed by atoms with Crippen molar-refractivity contribution in [2.24, 2.45) is 5.92 Å². The largest absolute Gasteiger partial charge is 0.490 e. The minimum atomic E-state index is -0.312. The Labute approximate surface area is 207 Å². The average Bonchev–Trinajstić information content (AvgIpc) is 3.34. The van der Waals surface area contributed by atoms with Gasteiger partial charge in [0.1, 0.15) is 23.5 Å². The van der Waals surface area contributed by atoms with Crippen molar-refractivity contribution < 1.29 is 18.7 Å². The number of benzene rings is 1. The summed E-state index contributed by atoms with van der Waals surface area (Å²) in [5.74, 6) is 1.67. The Kier molecular flexibility index (Phi) is 8.42. The summed E-state index contributed by atoms with van der Waals surface area (Å²) in [6.07, 6.45) is 8.16. The highest BCUT2D eigenvalue weighted by Gasteiger charge is 2.35. The molecule has 0 bridgehead atoms. The van der Waals surface area contributed by atoms with Gasteiger partial charge in [0, 0.05) is 76.2 Å². The molecule has 2 fully saturated rings. The van der Waals surface area contributed by atoms with Crippen LogP contribution in [0.1, 0.15) is 64.1 Å². The maximum Gasteiger partial charge on any atom is 0.224 e. The first-order chi connectivity index (χ1) is 16.9. The van der Waals surface area contributed by atoms with Crippen LogP contribution in [-0.2, 0) is 16.1 Å². The highest BCUT2D eigenvalue weighted by atomic mass is 19.1. The zero-order valence-electron chi connectivity index (χ0n) is 20.9. The summed E-state index contributed by atoms with van der Waals surface area (Å²) in [5.41, 5.74) is 0. The van der Waals surface area contributed by atoms with Gasteiger partial charge in [0.2, 0.25) is 11.8 Å². The van der Waals surface area contributed by atoms with E-state index in [9.17, 15) is 14.0 Å². The lowest BCUT2D eigenvalue weighted by molar-refractivity contribution is -0.139. The monoisotopic (exact) mass is 484 g/mol. The molecule has 2 aliphatic rings. The van der Waals surface area contributed by atoms with Gasteiger partial charge in [-0.25, -0.2) is 9.37 Å². The van der Waals surface area contributed by atoms with E-state index < -0.39 is 0 Å². The van der Waals surface area contributed by atoms with Gasteiger partial charge in [-0.2, -0.15) is 0 Å². The van der Waals surface area contributed by atoms with Crippen molar-refractivity contribution in [3.8, 4) is 5.75 Å². The quantitative estimate of drug-likeness (QED) is 0.562. The van der Waals surface area contributed by atoms with E-state index in [2.05, 4.69) is 18.8 Å². The summed E-state index contributed by atoms with van der Waals surface area (Å²) < 4.78 is 21.6. The predicted molar refractivity (Wildman–Crippen MR) is 131 cm³/mol. The van der Waals surface area contributed by atoms with Crippen LogP contribution in [0.15, 0.2) is 36.7 Å². The van der Waals surface area contributed by atoms with Crippen LogP contribution in [0.5, 0.6) is 5.75 Å². The lowest BCUT2D eigenvalue weighted by atomic mass is 9.90. The van der Waals surface area contributed by atoms with Gasteiger partial charge in [0.15, 0.2) is 0 Å². The zero-order chi connectivity index (χ0) is 24.8. The molecule has 35 heavy (non-hydrogen) atoms. The van der Waals surface area contributed by atoms with Crippen LogP contribution in [-0.4, -0.2) is 63.4 Å². The minimum Gasteiger partial charge on any atom is -0.490 e. The van der Waals surface area contributed by atoms with Crippen LogP contribution in [0.25, 0.3) is 0 Å². The molecule has 0 saturated carbocycles. The fourth-order valence-electron chi connectivity index (χ4n) is 5.16. The van der Waals surface area contributed by atoms with Gasteiger partial charge < -0.3 is 19.1 Å². The van der Waals surface area contributed by atoms with Crippen LogP contribution in [0.2, 0.25) is 0 Å². The van der Waals surface area contributed by atoms with E-state index in [1.807, 2.05) is 20.6 Å². The van der Waals surface area contributed by atoms with E-state index in [0.29, 0.717) is 50.6 Å². The first kappa shape index (κ1) is 25.2. The van der Waals surface area contributed by atoms with Crippen molar-refractivity contribution >= 4 is 11.8 Å². The maximum atomic E-state index is 13.3. The van der Waals surface area contributed by atoms with Crippen LogP contribution < -0.4 is 4.74 Å². The molecule has 0 spiro atoms. The fourth-order valence-corrected chi connectivity index (χ4v) is 5.16. The fraction of sp³-hybridized carbons (Fsp3) is 0.593. The number of imidazole rings is 1. The Balaban J connectivity index is 1.40. The SMILES string of the molecule is CC(C)c1nccn1CCC(=O)N1CC[C@H](Oc2ccc(F)cc2)[C@@H](CC(=O)N2CCCCC2)C1. The zero-order valence-corrected chi connectivity index (χ0v) is 20.9. The van der Waals surface area contributed by atoms with Crippen LogP contribution in [0, 0.1) is 11.7 Å². The summed E-state index contributed by atoms with van der Waals surface area (Å²) in [6, 6.07) is 5.99. The number of piperidine rings is 2. The number of likely N-dealkylation sites (tertiary alicyclic amines) is 2. The normalized spacial score (nSPS) is 20.8. The number of aryl methyl sites for hydroxylation is 1. The molecular formula is C27H37FN4O3. The number of carbonyl (C=O) groups excluding carboxylic acids is 2. The Bertz CT molecular complexity index is 985. The number of ether oxygens (including phenoxy) is 1. The van der Waals surface area contributed by atoms with E-state index in [4.69, 9.17) is 4.74 Å². The van der Waals surface area contributed by atoms with Gasteiger partial charge in [-0.3, -0.25) is 9.59 Å². The van der Waals surface area contributed by atoms with Crippen LogP contribution in [0.4, 0.5) is 4.39 Å². The molecule has 0 unspecified atom stereocenters. The summed E-state index contributed by atoms with van der Waals surface area (Å²) in [5, 5.41) is 0. The summed E-state index contributed by atoms with van der Waals surface area (Å²) in [7, 11) is 0.